The Labute approximate surface area is 162 Å². The minimum atomic E-state index is -0.338. The predicted octanol–water partition coefficient (Wildman–Crippen LogP) is 4.12. The summed E-state index contributed by atoms with van der Waals surface area (Å²) in [7, 11) is 1.62. The maximum Gasteiger partial charge on any atom is 0.331 e. The van der Waals surface area contributed by atoms with Crippen molar-refractivity contribution in [3.8, 4) is 5.75 Å². The van der Waals surface area contributed by atoms with Crippen LogP contribution >= 0.6 is 0 Å². The quantitative estimate of drug-likeness (QED) is 0.577. The van der Waals surface area contributed by atoms with Crippen molar-refractivity contribution in [1.82, 2.24) is 5.32 Å². The van der Waals surface area contributed by atoms with Gasteiger partial charge >= 0.3 is 5.97 Å². The Morgan fingerprint density at radius 2 is 1.78 bits per heavy atom. The molecule has 1 amide bonds. The molecular weight excluding hydrogens is 342 g/mol. The van der Waals surface area contributed by atoms with E-state index in [0.717, 1.165) is 43.4 Å². The molecule has 2 rings (SSSR count). The summed E-state index contributed by atoms with van der Waals surface area (Å²) in [4.78, 5) is 24.3. The van der Waals surface area contributed by atoms with Gasteiger partial charge in [0.1, 0.15) is 11.9 Å². The van der Waals surface area contributed by atoms with Crippen LogP contribution in [0.25, 0.3) is 6.08 Å². The maximum absolute atomic E-state index is 12.3. The van der Waals surface area contributed by atoms with Crippen molar-refractivity contribution in [1.29, 1.82) is 0 Å². The van der Waals surface area contributed by atoms with Crippen molar-refractivity contribution < 1.29 is 19.1 Å². The Morgan fingerprint density at radius 3 is 2.33 bits per heavy atom. The van der Waals surface area contributed by atoms with Gasteiger partial charge in [-0.05, 0) is 55.9 Å². The minimum absolute atomic E-state index is 0.0784. The summed E-state index contributed by atoms with van der Waals surface area (Å²) in [5.41, 5.74) is 0.577. The summed E-state index contributed by atoms with van der Waals surface area (Å²) < 4.78 is 10.6. The Kier molecular flexibility index (Phi) is 7.45. The van der Waals surface area contributed by atoms with Gasteiger partial charge in [0.25, 0.3) is 0 Å². The summed E-state index contributed by atoms with van der Waals surface area (Å²) in [6.45, 7) is 5.95. The second-order valence-electron chi connectivity index (χ2n) is 7.73. The fourth-order valence-electron chi connectivity index (χ4n) is 2.95. The number of methoxy groups -OCH3 is 1. The number of ether oxygens (including phenoxy) is 2. The van der Waals surface area contributed by atoms with Crippen LogP contribution in [0.5, 0.6) is 5.75 Å². The van der Waals surface area contributed by atoms with Crippen molar-refractivity contribution in [2.24, 2.45) is 5.41 Å². The fraction of sp³-hybridized carbons (Fsp3) is 0.545. The van der Waals surface area contributed by atoms with Crippen LogP contribution in [-0.2, 0) is 14.3 Å². The molecule has 0 atom stereocenters. The van der Waals surface area contributed by atoms with E-state index in [1.54, 1.807) is 13.2 Å². The number of carbonyl (C=O) groups is 2. The van der Waals surface area contributed by atoms with Crippen LogP contribution in [0.2, 0.25) is 0 Å². The lowest BCUT2D eigenvalue weighted by atomic mass is 9.87. The van der Waals surface area contributed by atoms with Gasteiger partial charge < -0.3 is 14.8 Å². The van der Waals surface area contributed by atoms with Crippen molar-refractivity contribution in [3.05, 3.63) is 35.9 Å². The average Bonchev–Trinajstić information content (AvgIpc) is 2.68. The van der Waals surface area contributed by atoms with Crippen molar-refractivity contribution in [2.75, 3.05) is 7.11 Å². The van der Waals surface area contributed by atoms with Gasteiger partial charge in [0, 0.05) is 17.5 Å². The molecule has 1 aliphatic carbocycles. The van der Waals surface area contributed by atoms with Crippen LogP contribution in [-0.4, -0.2) is 31.1 Å². The molecule has 1 aliphatic rings. The molecule has 0 bridgehead atoms. The molecule has 27 heavy (non-hydrogen) atoms. The first kappa shape index (κ1) is 21.0. The van der Waals surface area contributed by atoms with Gasteiger partial charge in [-0.3, -0.25) is 4.79 Å². The number of amides is 1. The zero-order valence-corrected chi connectivity index (χ0v) is 16.8. The normalized spacial score (nSPS) is 20.3. The van der Waals surface area contributed by atoms with Crippen molar-refractivity contribution >= 4 is 18.0 Å². The standard InChI is InChI=1S/C22H31NO4/c1-5-22(2,3)21(25)23-17-9-13-19(14-10-17)27-20(24)15-8-16-6-11-18(26-4)12-7-16/h6-8,11-12,15,17,19H,5,9-10,13-14H2,1-4H3,(H,23,25)/b15-8+. The molecule has 1 saturated carbocycles. The Hall–Kier alpha value is -2.30. The van der Waals surface area contributed by atoms with E-state index in [1.165, 1.54) is 6.08 Å². The molecule has 5 heteroatoms. The first-order valence-electron chi connectivity index (χ1n) is 9.67. The highest BCUT2D eigenvalue weighted by molar-refractivity contribution is 5.87. The van der Waals surface area contributed by atoms with Gasteiger partial charge in [-0.25, -0.2) is 4.79 Å². The van der Waals surface area contributed by atoms with Gasteiger partial charge in [-0.1, -0.05) is 32.9 Å². The number of rotatable bonds is 7. The molecule has 1 aromatic rings. The molecule has 0 unspecified atom stereocenters. The molecular formula is C22H31NO4. The second-order valence-corrected chi connectivity index (χ2v) is 7.73. The van der Waals surface area contributed by atoms with Crippen LogP contribution in [0.1, 0.15) is 58.4 Å². The van der Waals surface area contributed by atoms with Gasteiger partial charge in [0.15, 0.2) is 0 Å². The molecule has 0 heterocycles. The van der Waals surface area contributed by atoms with Crippen molar-refractivity contribution in [2.45, 2.75) is 65.0 Å². The van der Waals surface area contributed by atoms with E-state index in [2.05, 4.69) is 5.32 Å². The molecule has 1 N–H and O–H groups in total. The van der Waals surface area contributed by atoms with Crippen LogP contribution in [0.3, 0.4) is 0 Å². The summed E-state index contributed by atoms with van der Waals surface area (Å²) in [6, 6.07) is 7.64. The number of benzene rings is 1. The molecule has 0 radical (unpaired) electrons. The summed E-state index contributed by atoms with van der Waals surface area (Å²) in [6.07, 6.45) is 7.16. The minimum Gasteiger partial charge on any atom is -0.497 e. The zero-order chi connectivity index (χ0) is 19.9. The van der Waals surface area contributed by atoms with E-state index in [0.29, 0.717) is 0 Å². The lowest BCUT2D eigenvalue weighted by Crippen LogP contribution is -2.45. The Balaban J connectivity index is 1.75. The first-order chi connectivity index (χ1) is 12.8. The van der Waals surface area contributed by atoms with E-state index >= 15 is 0 Å². The lowest BCUT2D eigenvalue weighted by molar-refractivity contribution is -0.145. The van der Waals surface area contributed by atoms with Crippen LogP contribution in [0.15, 0.2) is 30.3 Å². The molecule has 1 aromatic carbocycles. The van der Waals surface area contributed by atoms with Crippen LogP contribution in [0, 0.1) is 5.41 Å². The highest BCUT2D eigenvalue weighted by Gasteiger charge is 2.30. The van der Waals surface area contributed by atoms with E-state index in [1.807, 2.05) is 45.0 Å². The van der Waals surface area contributed by atoms with Gasteiger partial charge in [-0.15, -0.1) is 0 Å². The largest absolute Gasteiger partial charge is 0.497 e. The van der Waals surface area contributed by atoms with E-state index in [4.69, 9.17) is 9.47 Å². The van der Waals surface area contributed by atoms with Crippen LogP contribution in [0.4, 0.5) is 0 Å². The molecule has 0 spiro atoms. The smallest absolute Gasteiger partial charge is 0.331 e. The number of esters is 1. The van der Waals surface area contributed by atoms with Crippen molar-refractivity contribution in [3.63, 3.8) is 0 Å². The molecule has 0 aromatic heterocycles. The Morgan fingerprint density at radius 1 is 1.15 bits per heavy atom. The molecule has 0 saturated heterocycles. The maximum atomic E-state index is 12.3. The number of carbonyl (C=O) groups excluding carboxylic acids is 2. The third kappa shape index (κ3) is 6.42. The average molecular weight is 373 g/mol. The topological polar surface area (TPSA) is 64.6 Å². The van der Waals surface area contributed by atoms with Gasteiger partial charge in [-0.2, -0.15) is 0 Å². The van der Waals surface area contributed by atoms with Gasteiger partial charge in [0.2, 0.25) is 5.91 Å². The molecule has 1 fully saturated rings. The highest BCUT2D eigenvalue weighted by atomic mass is 16.5. The first-order valence-corrected chi connectivity index (χ1v) is 9.67. The summed E-state index contributed by atoms with van der Waals surface area (Å²) >= 11 is 0. The lowest BCUT2D eigenvalue weighted by Gasteiger charge is -2.31. The summed E-state index contributed by atoms with van der Waals surface area (Å²) in [5.74, 6) is 0.555. The fourth-order valence-corrected chi connectivity index (χ4v) is 2.95. The van der Waals surface area contributed by atoms with E-state index < -0.39 is 0 Å². The second kappa shape index (κ2) is 9.58. The third-order valence-corrected chi connectivity index (χ3v) is 5.32. The van der Waals surface area contributed by atoms with Gasteiger partial charge in [0.05, 0.1) is 7.11 Å². The van der Waals surface area contributed by atoms with Crippen LogP contribution < -0.4 is 10.1 Å². The monoisotopic (exact) mass is 373 g/mol. The number of nitrogens with one attached hydrogen (secondary N) is 1. The zero-order valence-electron chi connectivity index (χ0n) is 16.8. The number of hydrogen-bond acceptors (Lipinski definition) is 4. The molecule has 5 nitrogen and oxygen atoms in total. The molecule has 0 aliphatic heterocycles. The molecule has 148 valence electrons. The predicted molar refractivity (Wildman–Crippen MR) is 106 cm³/mol. The van der Waals surface area contributed by atoms with E-state index in [9.17, 15) is 9.59 Å². The number of hydrogen-bond donors (Lipinski definition) is 1. The highest BCUT2D eigenvalue weighted by Crippen LogP contribution is 2.25. The van der Waals surface area contributed by atoms with E-state index in [-0.39, 0.29) is 29.4 Å². The Bertz CT molecular complexity index is 655. The SMILES string of the molecule is CCC(C)(C)C(=O)NC1CCC(OC(=O)/C=C/c2ccc(OC)cc2)CC1. The third-order valence-electron chi connectivity index (χ3n) is 5.32. The summed E-state index contributed by atoms with van der Waals surface area (Å²) in [5, 5.41) is 3.14.